The summed E-state index contributed by atoms with van der Waals surface area (Å²) in [6.07, 6.45) is 5.65. The van der Waals surface area contributed by atoms with Crippen molar-refractivity contribution in [3.8, 4) is 0 Å². The number of aryl methyl sites for hydroxylation is 1. The van der Waals surface area contributed by atoms with E-state index in [0.717, 1.165) is 18.4 Å². The zero-order valence-electron chi connectivity index (χ0n) is 11.9. The van der Waals surface area contributed by atoms with Gasteiger partial charge < -0.3 is 5.32 Å². The van der Waals surface area contributed by atoms with E-state index in [1.807, 2.05) is 0 Å². The van der Waals surface area contributed by atoms with Gasteiger partial charge in [-0.15, -0.1) is 0 Å². The Balaban J connectivity index is 1.94. The molecule has 1 nitrogen and oxygen atoms in total. The number of benzene rings is 1. The predicted octanol–water partition coefficient (Wildman–Crippen LogP) is 4.72. The quantitative estimate of drug-likeness (QED) is 0.752. The molecule has 1 aliphatic heterocycles. The van der Waals surface area contributed by atoms with E-state index in [9.17, 15) is 0 Å². The molecule has 2 unspecified atom stereocenters. The van der Waals surface area contributed by atoms with Crippen LogP contribution in [0, 0.1) is 18.3 Å². The summed E-state index contributed by atoms with van der Waals surface area (Å²) in [5.41, 5.74) is 4.91. The zero-order chi connectivity index (χ0) is 12.8. The molecule has 2 atom stereocenters. The van der Waals surface area contributed by atoms with Crippen molar-refractivity contribution >= 4 is 5.69 Å². The van der Waals surface area contributed by atoms with Crippen LogP contribution in [0.5, 0.6) is 0 Å². The number of hydrogen-bond donors (Lipinski definition) is 1. The predicted molar refractivity (Wildman–Crippen MR) is 78.1 cm³/mol. The van der Waals surface area contributed by atoms with Gasteiger partial charge in [-0.25, -0.2) is 0 Å². The molecule has 0 spiro atoms. The first kappa shape index (κ1) is 12.1. The number of anilines is 1. The summed E-state index contributed by atoms with van der Waals surface area (Å²) in [6.45, 7) is 8.32. The maximum absolute atomic E-state index is 3.65. The van der Waals surface area contributed by atoms with Gasteiger partial charge in [0, 0.05) is 18.2 Å². The molecule has 0 saturated heterocycles. The fourth-order valence-corrected chi connectivity index (χ4v) is 4.19. The maximum Gasteiger partial charge on any atom is 0.0406 e. The minimum absolute atomic E-state index is 0.510. The highest BCUT2D eigenvalue weighted by molar-refractivity contribution is 5.62. The number of rotatable bonds is 1. The van der Waals surface area contributed by atoms with E-state index in [1.165, 1.54) is 36.9 Å². The van der Waals surface area contributed by atoms with E-state index in [-0.39, 0.29) is 0 Å². The fourth-order valence-electron chi connectivity index (χ4n) is 4.19. The summed E-state index contributed by atoms with van der Waals surface area (Å²) in [4.78, 5) is 0. The molecule has 1 saturated carbocycles. The normalized spacial score (nSPS) is 29.7. The Morgan fingerprint density at radius 2 is 2.06 bits per heavy atom. The highest BCUT2D eigenvalue weighted by Gasteiger charge is 2.40. The lowest BCUT2D eigenvalue weighted by Crippen LogP contribution is -2.33. The van der Waals surface area contributed by atoms with Crippen LogP contribution in [0.4, 0.5) is 5.69 Å². The molecular weight excluding hydrogens is 218 g/mol. The van der Waals surface area contributed by atoms with Crippen LogP contribution < -0.4 is 5.32 Å². The van der Waals surface area contributed by atoms with Crippen molar-refractivity contribution in [3.63, 3.8) is 0 Å². The molecule has 1 fully saturated rings. The first-order valence-electron chi connectivity index (χ1n) is 7.43. The van der Waals surface area contributed by atoms with Crippen molar-refractivity contribution in [2.24, 2.45) is 11.3 Å². The smallest absolute Gasteiger partial charge is 0.0406 e. The van der Waals surface area contributed by atoms with Crippen LogP contribution in [-0.2, 0) is 0 Å². The summed E-state index contributed by atoms with van der Waals surface area (Å²) < 4.78 is 0. The molecule has 1 heterocycles. The lowest BCUT2D eigenvalue weighted by molar-refractivity contribution is 0.116. The van der Waals surface area contributed by atoms with E-state index in [4.69, 9.17) is 0 Å². The molecule has 98 valence electrons. The lowest BCUT2D eigenvalue weighted by Gasteiger charge is -2.42. The van der Waals surface area contributed by atoms with Crippen molar-refractivity contribution in [2.45, 2.75) is 52.4 Å². The van der Waals surface area contributed by atoms with E-state index in [0.29, 0.717) is 5.41 Å². The van der Waals surface area contributed by atoms with Gasteiger partial charge in [-0.2, -0.15) is 0 Å². The number of hydrogen-bond acceptors (Lipinski definition) is 1. The Bertz CT molecular complexity index is 447. The molecule has 3 rings (SSSR count). The van der Waals surface area contributed by atoms with Gasteiger partial charge in [0.25, 0.3) is 0 Å². The average molecular weight is 243 g/mol. The van der Waals surface area contributed by atoms with Crippen molar-refractivity contribution in [1.82, 2.24) is 0 Å². The Morgan fingerprint density at radius 1 is 1.22 bits per heavy atom. The molecule has 0 radical (unpaired) electrons. The van der Waals surface area contributed by atoms with Crippen molar-refractivity contribution < 1.29 is 0 Å². The first-order chi connectivity index (χ1) is 8.59. The van der Waals surface area contributed by atoms with Crippen LogP contribution in [0.15, 0.2) is 18.2 Å². The van der Waals surface area contributed by atoms with Crippen molar-refractivity contribution in [2.75, 3.05) is 11.9 Å². The van der Waals surface area contributed by atoms with E-state index < -0.39 is 0 Å². The first-order valence-corrected chi connectivity index (χ1v) is 7.43. The summed E-state index contributed by atoms with van der Waals surface area (Å²) in [5.74, 6) is 1.58. The van der Waals surface area contributed by atoms with Gasteiger partial charge >= 0.3 is 0 Å². The van der Waals surface area contributed by atoms with E-state index >= 15 is 0 Å². The van der Waals surface area contributed by atoms with Crippen LogP contribution in [-0.4, -0.2) is 6.54 Å². The number of fused-ring (bicyclic) bond motifs is 1. The lowest BCUT2D eigenvalue weighted by atomic mass is 9.63. The molecule has 1 aromatic carbocycles. The Labute approximate surface area is 111 Å². The second kappa shape index (κ2) is 4.29. The van der Waals surface area contributed by atoms with Gasteiger partial charge in [-0.3, -0.25) is 0 Å². The third-order valence-corrected chi connectivity index (χ3v) is 5.28. The highest BCUT2D eigenvalue weighted by Crippen LogP contribution is 2.51. The molecular formula is C17H25N. The van der Waals surface area contributed by atoms with Crippen LogP contribution in [0.2, 0.25) is 0 Å². The second-order valence-electron chi connectivity index (χ2n) is 6.87. The molecule has 0 amide bonds. The summed E-state index contributed by atoms with van der Waals surface area (Å²) >= 11 is 0. The van der Waals surface area contributed by atoms with Crippen molar-refractivity contribution in [1.29, 1.82) is 0 Å². The SMILES string of the molecule is Cc1cccc2c1NCC2C1CCCCC1(C)C. The third-order valence-electron chi connectivity index (χ3n) is 5.28. The molecule has 18 heavy (non-hydrogen) atoms. The van der Waals surface area contributed by atoms with Gasteiger partial charge in [0.1, 0.15) is 0 Å². The largest absolute Gasteiger partial charge is 0.384 e. The summed E-state index contributed by atoms with van der Waals surface area (Å²) in [7, 11) is 0. The van der Waals surface area contributed by atoms with E-state index in [2.05, 4.69) is 44.3 Å². The summed E-state index contributed by atoms with van der Waals surface area (Å²) in [5, 5.41) is 3.65. The van der Waals surface area contributed by atoms with E-state index in [1.54, 1.807) is 5.56 Å². The second-order valence-corrected chi connectivity index (χ2v) is 6.87. The van der Waals surface area contributed by atoms with Gasteiger partial charge in [0.05, 0.1) is 0 Å². The topological polar surface area (TPSA) is 12.0 Å². The summed E-state index contributed by atoms with van der Waals surface area (Å²) in [6, 6.07) is 6.79. The van der Waals surface area contributed by atoms with Crippen LogP contribution in [0.3, 0.4) is 0 Å². The highest BCUT2D eigenvalue weighted by atomic mass is 14.9. The molecule has 1 aliphatic carbocycles. The Hall–Kier alpha value is -0.980. The van der Waals surface area contributed by atoms with Gasteiger partial charge in [-0.05, 0) is 42.2 Å². The molecule has 2 aliphatic rings. The van der Waals surface area contributed by atoms with Crippen LogP contribution in [0.1, 0.15) is 56.6 Å². The van der Waals surface area contributed by atoms with Crippen LogP contribution >= 0.6 is 0 Å². The Kier molecular flexibility index (Phi) is 2.88. The third kappa shape index (κ3) is 1.84. The molecule has 1 N–H and O–H groups in total. The maximum atomic E-state index is 3.65. The fraction of sp³-hybridized carbons (Fsp3) is 0.647. The monoisotopic (exact) mass is 243 g/mol. The van der Waals surface area contributed by atoms with Gasteiger partial charge in [0.2, 0.25) is 0 Å². The van der Waals surface area contributed by atoms with Gasteiger partial charge in [-0.1, -0.05) is 44.9 Å². The van der Waals surface area contributed by atoms with Crippen molar-refractivity contribution in [3.05, 3.63) is 29.3 Å². The number of para-hydroxylation sites is 1. The minimum atomic E-state index is 0.510. The molecule has 1 heteroatoms. The molecule has 1 aromatic rings. The number of nitrogens with one attached hydrogen (secondary N) is 1. The minimum Gasteiger partial charge on any atom is -0.384 e. The Morgan fingerprint density at radius 3 is 2.83 bits per heavy atom. The molecule has 0 aromatic heterocycles. The standard InChI is InChI=1S/C17H25N/c1-12-7-6-8-13-14(11-18-16(12)13)15-9-4-5-10-17(15,2)3/h6-8,14-15,18H,4-5,9-11H2,1-3H3. The zero-order valence-corrected chi connectivity index (χ0v) is 11.9. The average Bonchev–Trinajstić information content (AvgIpc) is 2.74. The molecule has 0 bridgehead atoms. The van der Waals surface area contributed by atoms with Crippen LogP contribution in [0.25, 0.3) is 0 Å². The van der Waals surface area contributed by atoms with Gasteiger partial charge in [0.15, 0.2) is 0 Å².